The summed E-state index contributed by atoms with van der Waals surface area (Å²) in [4.78, 5) is 13.1. The zero-order valence-electron chi connectivity index (χ0n) is 19.9. The van der Waals surface area contributed by atoms with Crippen LogP contribution in [0.25, 0.3) is 21.9 Å². The Hall–Kier alpha value is -3.67. The molecule has 4 N–H and O–H groups in total. The summed E-state index contributed by atoms with van der Waals surface area (Å²) < 4.78 is 5.83. The second-order valence-corrected chi connectivity index (χ2v) is 9.18. The molecule has 0 aliphatic rings. The monoisotopic (exact) mass is 464 g/mol. The van der Waals surface area contributed by atoms with Gasteiger partial charge in [-0.3, -0.25) is 4.79 Å². The molecule has 2 aromatic carbocycles. The quantitative estimate of drug-likeness (QED) is 0.162. The second kappa shape index (κ2) is 10.1. The molecule has 0 fully saturated rings. The predicted molar refractivity (Wildman–Crippen MR) is 136 cm³/mol. The van der Waals surface area contributed by atoms with Crippen molar-refractivity contribution in [1.29, 1.82) is 0 Å². The Bertz CT molecular complexity index is 1360. The first kappa shape index (κ1) is 25.0. The Kier molecular flexibility index (Phi) is 7.40. The van der Waals surface area contributed by atoms with Crippen molar-refractivity contribution in [3.05, 3.63) is 69.9 Å². The lowest BCUT2D eigenvalue weighted by Gasteiger charge is -2.18. The van der Waals surface area contributed by atoms with Crippen molar-refractivity contribution in [2.24, 2.45) is 5.92 Å². The maximum absolute atomic E-state index is 13.1. The average molecular weight is 465 g/mol. The molecular formula is C28H32O6. The Morgan fingerprint density at radius 2 is 1.71 bits per heavy atom. The van der Waals surface area contributed by atoms with Gasteiger partial charge >= 0.3 is 0 Å². The molecule has 3 aromatic rings. The van der Waals surface area contributed by atoms with E-state index in [1.807, 2.05) is 13.8 Å². The fourth-order valence-electron chi connectivity index (χ4n) is 4.10. The lowest BCUT2D eigenvalue weighted by Crippen LogP contribution is -2.09. The molecule has 0 saturated carbocycles. The fourth-order valence-corrected chi connectivity index (χ4v) is 4.10. The van der Waals surface area contributed by atoms with E-state index in [1.54, 1.807) is 0 Å². The van der Waals surface area contributed by atoms with Crippen LogP contribution >= 0.6 is 0 Å². The van der Waals surface area contributed by atoms with Crippen LogP contribution in [-0.2, 0) is 6.42 Å². The van der Waals surface area contributed by atoms with Gasteiger partial charge in [-0.1, -0.05) is 29.4 Å². The van der Waals surface area contributed by atoms with Crippen molar-refractivity contribution in [2.75, 3.05) is 0 Å². The third-order valence-corrected chi connectivity index (χ3v) is 6.20. The first-order chi connectivity index (χ1) is 16.0. The maximum atomic E-state index is 13.1. The van der Waals surface area contributed by atoms with Crippen molar-refractivity contribution in [2.45, 2.75) is 52.9 Å². The number of rotatable bonds is 9. The molecule has 0 amide bonds. The van der Waals surface area contributed by atoms with E-state index < -0.39 is 22.7 Å². The van der Waals surface area contributed by atoms with E-state index in [4.69, 9.17) is 4.42 Å². The molecule has 0 aliphatic heterocycles. The summed E-state index contributed by atoms with van der Waals surface area (Å²) in [6.45, 7) is 14.0. The van der Waals surface area contributed by atoms with E-state index in [1.165, 1.54) is 17.7 Å². The lowest BCUT2D eigenvalue weighted by atomic mass is 9.88. The predicted octanol–water partition coefficient (Wildman–Crippen LogP) is 6.59. The molecule has 1 unspecified atom stereocenters. The van der Waals surface area contributed by atoms with Gasteiger partial charge in [0.2, 0.25) is 11.2 Å². The zero-order valence-corrected chi connectivity index (χ0v) is 19.9. The summed E-state index contributed by atoms with van der Waals surface area (Å²) >= 11 is 0. The van der Waals surface area contributed by atoms with E-state index in [2.05, 4.69) is 26.2 Å². The number of phenols is 4. The van der Waals surface area contributed by atoms with Gasteiger partial charge < -0.3 is 24.8 Å². The molecule has 34 heavy (non-hydrogen) atoms. The number of aromatic hydroxyl groups is 4. The number of phenolic OH excluding ortho intramolecular Hbond substituents is 4. The highest BCUT2D eigenvalue weighted by molar-refractivity contribution is 5.98. The SMILES string of the molecule is C=C(C)CCCC(C)=CCC(Cc1c(O)cc(O)c2c(=O)c3ccc(O)c(O)c3oc12)C(=C)C. The van der Waals surface area contributed by atoms with E-state index in [9.17, 15) is 25.2 Å². The van der Waals surface area contributed by atoms with Gasteiger partial charge in [0.05, 0.1) is 5.39 Å². The smallest absolute Gasteiger partial charge is 0.204 e. The van der Waals surface area contributed by atoms with Crippen molar-refractivity contribution < 1.29 is 24.8 Å². The minimum atomic E-state index is -0.574. The van der Waals surface area contributed by atoms with Crippen LogP contribution in [0.4, 0.5) is 0 Å². The van der Waals surface area contributed by atoms with Gasteiger partial charge in [0.25, 0.3) is 0 Å². The van der Waals surface area contributed by atoms with Gasteiger partial charge in [0.15, 0.2) is 11.3 Å². The van der Waals surface area contributed by atoms with Crippen molar-refractivity contribution in [3.63, 3.8) is 0 Å². The normalized spacial score (nSPS) is 12.9. The summed E-state index contributed by atoms with van der Waals surface area (Å²) in [5.74, 6) is -1.71. The van der Waals surface area contributed by atoms with Gasteiger partial charge in [-0.2, -0.15) is 0 Å². The summed E-state index contributed by atoms with van der Waals surface area (Å²) in [6, 6.07) is 3.63. The summed E-state index contributed by atoms with van der Waals surface area (Å²) in [5, 5.41) is 41.1. The maximum Gasteiger partial charge on any atom is 0.204 e. The molecule has 6 heteroatoms. The molecule has 180 valence electrons. The van der Waals surface area contributed by atoms with E-state index in [-0.39, 0.29) is 33.6 Å². The minimum Gasteiger partial charge on any atom is -0.507 e. The number of allylic oxidation sites excluding steroid dienone is 4. The fraction of sp³-hybridized carbons (Fsp3) is 0.321. The van der Waals surface area contributed by atoms with Crippen LogP contribution < -0.4 is 5.43 Å². The number of fused-ring (bicyclic) bond motifs is 2. The van der Waals surface area contributed by atoms with Crippen molar-refractivity contribution >= 4 is 21.9 Å². The largest absolute Gasteiger partial charge is 0.507 e. The first-order valence-electron chi connectivity index (χ1n) is 11.3. The molecule has 0 spiro atoms. The van der Waals surface area contributed by atoms with Gasteiger partial charge in [-0.15, -0.1) is 6.58 Å². The molecular weight excluding hydrogens is 432 g/mol. The summed E-state index contributed by atoms with van der Waals surface area (Å²) in [7, 11) is 0. The van der Waals surface area contributed by atoms with Crippen molar-refractivity contribution in [1.82, 2.24) is 0 Å². The third kappa shape index (κ3) is 5.11. The first-order valence-corrected chi connectivity index (χ1v) is 11.3. The minimum absolute atomic E-state index is 0.0134. The highest BCUT2D eigenvalue weighted by atomic mass is 16.4. The molecule has 1 heterocycles. The Balaban J connectivity index is 2.05. The average Bonchev–Trinajstić information content (AvgIpc) is 2.75. The van der Waals surface area contributed by atoms with Crippen LogP contribution in [0.3, 0.4) is 0 Å². The van der Waals surface area contributed by atoms with Crippen LogP contribution in [-0.4, -0.2) is 20.4 Å². The van der Waals surface area contributed by atoms with E-state index in [0.29, 0.717) is 18.4 Å². The Morgan fingerprint density at radius 1 is 1.00 bits per heavy atom. The van der Waals surface area contributed by atoms with Crippen LogP contribution in [0.1, 0.15) is 52.0 Å². The van der Waals surface area contributed by atoms with Gasteiger partial charge in [0, 0.05) is 11.6 Å². The highest BCUT2D eigenvalue weighted by Gasteiger charge is 2.23. The van der Waals surface area contributed by atoms with E-state index >= 15 is 0 Å². The molecule has 0 aliphatic carbocycles. The lowest BCUT2D eigenvalue weighted by molar-refractivity contribution is 0.400. The molecule has 0 saturated heterocycles. The summed E-state index contributed by atoms with van der Waals surface area (Å²) in [5.41, 5.74) is 2.85. The molecule has 0 radical (unpaired) electrons. The van der Waals surface area contributed by atoms with Crippen LogP contribution in [0, 0.1) is 5.92 Å². The zero-order chi connectivity index (χ0) is 25.2. The molecule has 6 nitrogen and oxygen atoms in total. The third-order valence-electron chi connectivity index (χ3n) is 6.20. The van der Waals surface area contributed by atoms with Gasteiger partial charge in [0.1, 0.15) is 22.5 Å². The summed E-state index contributed by atoms with van der Waals surface area (Å²) in [6.07, 6.45) is 6.13. The van der Waals surface area contributed by atoms with E-state index in [0.717, 1.165) is 36.5 Å². The van der Waals surface area contributed by atoms with Gasteiger partial charge in [-0.25, -0.2) is 0 Å². The van der Waals surface area contributed by atoms with Gasteiger partial charge in [-0.05, 0) is 70.9 Å². The van der Waals surface area contributed by atoms with Crippen LogP contribution in [0.2, 0.25) is 0 Å². The second-order valence-electron chi connectivity index (χ2n) is 9.18. The Morgan fingerprint density at radius 3 is 2.35 bits per heavy atom. The molecule has 0 bridgehead atoms. The number of hydrogen-bond acceptors (Lipinski definition) is 6. The topological polar surface area (TPSA) is 111 Å². The Labute approximate surface area is 198 Å². The molecule has 1 aromatic heterocycles. The van der Waals surface area contributed by atoms with Crippen LogP contribution in [0.15, 0.2) is 63.4 Å². The highest BCUT2D eigenvalue weighted by Crippen LogP contribution is 2.40. The molecule has 3 rings (SSSR count). The van der Waals surface area contributed by atoms with Crippen LogP contribution in [0.5, 0.6) is 23.0 Å². The standard InChI is InChI=1S/C28H32O6/c1-15(2)7-6-8-17(5)9-10-18(16(3)4)13-20-22(30)14-23(31)24-25(32)19-11-12-21(29)26(33)28(19)34-27(20)24/h9,11-12,14,18,29-31,33H,1,3,6-8,10,13H2,2,4-5H3. The van der Waals surface area contributed by atoms with Crippen molar-refractivity contribution in [3.8, 4) is 23.0 Å². The number of hydrogen-bond donors (Lipinski definition) is 4. The number of benzene rings is 2. The molecule has 1 atom stereocenters.